The van der Waals surface area contributed by atoms with Crippen LogP contribution in [0.15, 0.2) is 42.5 Å². The number of hydrogen-bond donors (Lipinski definition) is 2. The Morgan fingerprint density at radius 1 is 0.824 bits per heavy atom. The van der Waals surface area contributed by atoms with E-state index in [9.17, 15) is 41.8 Å². The number of halogens is 5. The Kier molecular flexibility index (Phi) is 15.7. The number of ether oxygens (including phenoxy) is 5. The Balaban J connectivity index is 1.66. The summed E-state index contributed by atoms with van der Waals surface area (Å²) in [4.78, 5) is 24.8. The Morgan fingerprint density at radius 3 is 1.98 bits per heavy atom. The van der Waals surface area contributed by atoms with Gasteiger partial charge in [0, 0.05) is 38.0 Å². The van der Waals surface area contributed by atoms with Crippen LogP contribution in [0.4, 0.5) is 22.0 Å². The zero-order valence-electron chi connectivity index (χ0n) is 29.1. The van der Waals surface area contributed by atoms with E-state index in [1.807, 2.05) is 36.4 Å². The van der Waals surface area contributed by atoms with E-state index < -0.39 is 41.3 Å². The molecule has 1 heterocycles. The summed E-state index contributed by atoms with van der Waals surface area (Å²) in [7, 11) is 3.06. The van der Waals surface area contributed by atoms with E-state index in [2.05, 4.69) is 6.92 Å². The van der Waals surface area contributed by atoms with Gasteiger partial charge in [-0.15, -0.1) is 0 Å². The molecule has 2 atom stereocenters. The number of carbonyl (C=O) groups is 2. The lowest BCUT2D eigenvalue weighted by Gasteiger charge is -2.43. The van der Waals surface area contributed by atoms with Crippen LogP contribution in [0.1, 0.15) is 81.8 Å². The summed E-state index contributed by atoms with van der Waals surface area (Å²) in [5, 5.41) is 20.2. The van der Waals surface area contributed by atoms with Crippen molar-refractivity contribution in [3.63, 3.8) is 0 Å². The zero-order valence-corrected chi connectivity index (χ0v) is 29.9. The molecule has 0 radical (unpaired) electrons. The van der Waals surface area contributed by atoms with Gasteiger partial charge in [-0.2, -0.15) is 33.7 Å². The average Bonchev–Trinajstić information content (AvgIpc) is 3.08. The number of fused-ring (bicyclic) bond motifs is 1. The van der Waals surface area contributed by atoms with Crippen LogP contribution in [0.2, 0.25) is 0 Å². The number of methoxy groups -OCH3 is 2. The number of unbranched alkanes of at least 4 members (excludes halogenated alkanes) is 2. The third-order valence-electron chi connectivity index (χ3n) is 9.36. The van der Waals surface area contributed by atoms with Crippen molar-refractivity contribution in [1.82, 2.24) is 0 Å². The number of rotatable bonds is 23. The van der Waals surface area contributed by atoms with Crippen molar-refractivity contribution in [1.29, 1.82) is 0 Å². The first-order valence-corrected chi connectivity index (χ1v) is 17.9. The molecule has 15 heteroatoms. The summed E-state index contributed by atoms with van der Waals surface area (Å²) in [6.07, 6.45) is -5.37. The van der Waals surface area contributed by atoms with Crippen LogP contribution in [0.3, 0.4) is 0 Å². The van der Waals surface area contributed by atoms with Crippen molar-refractivity contribution in [3.05, 3.63) is 53.6 Å². The van der Waals surface area contributed by atoms with Crippen LogP contribution >= 0.6 is 11.8 Å². The number of aliphatic carboxylic acids is 2. The summed E-state index contributed by atoms with van der Waals surface area (Å²) in [6, 6.07) is 13.2. The summed E-state index contributed by atoms with van der Waals surface area (Å²) >= 11 is 1.18. The van der Waals surface area contributed by atoms with Crippen LogP contribution in [-0.2, 0) is 24.5 Å². The molecule has 0 amide bonds. The molecule has 0 bridgehead atoms. The Labute approximate surface area is 299 Å². The fraction of sp³-hybridized carbons (Fsp3) is 0.611. The number of benzene rings is 2. The van der Waals surface area contributed by atoms with Gasteiger partial charge in [-0.05, 0) is 72.9 Å². The SMILES string of the molecule is COCOc1ccc([C@@]2(C)COc3cc(OCOC)ccc3[C@H]2CCCCC(CCCCSCCCC(F)(F)C(F)(F)F)(C(=O)O)C(=O)O)cc1. The molecule has 2 aromatic carbocycles. The molecular weight excluding hydrogens is 703 g/mol. The number of thioether (sulfide) groups is 1. The van der Waals surface area contributed by atoms with Gasteiger partial charge >= 0.3 is 24.0 Å². The molecule has 286 valence electrons. The Hall–Kier alpha value is -3.30. The van der Waals surface area contributed by atoms with Gasteiger partial charge in [0.25, 0.3) is 0 Å². The highest BCUT2D eigenvalue weighted by molar-refractivity contribution is 7.99. The van der Waals surface area contributed by atoms with Crippen molar-refractivity contribution in [2.24, 2.45) is 5.41 Å². The van der Waals surface area contributed by atoms with E-state index in [4.69, 9.17) is 23.7 Å². The first-order valence-electron chi connectivity index (χ1n) is 16.7. The van der Waals surface area contributed by atoms with Gasteiger partial charge in [0.05, 0.1) is 6.61 Å². The Bertz CT molecular complexity index is 1390. The number of hydrogen-bond acceptors (Lipinski definition) is 8. The number of alkyl halides is 5. The first kappa shape index (κ1) is 42.1. The number of carboxylic acid groups (broad SMARTS) is 2. The van der Waals surface area contributed by atoms with Gasteiger partial charge in [-0.1, -0.05) is 44.4 Å². The summed E-state index contributed by atoms with van der Waals surface area (Å²) in [5.74, 6) is -5.36. The maximum atomic E-state index is 13.1. The van der Waals surface area contributed by atoms with E-state index in [1.54, 1.807) is 6.07 Å². The second kappa shape index (κ2) is 19.0. The quantitative estimate of drug-likeness (QED) is 0.0494. The van der Waals surface area contributed by atoms with Crippen molar-refractivity contribution in [2.75, 3.05) is 45.9 Å². The summed E-state index contributed by atoms with van der Waals surface area (Å²) in [6.45, 7) is 2.61. The van der Waals surface area contributed by atoms with Crippen LogP contribution < -0.4 is 14.2 Å². The second-order valence-electron chi connectivity index (χ2n) is 12.9. The largest absolute Gasteiger partial charge is 0.492 e. The minimum atomic E-state index is -5.58. The third-order valence-corrected chi connectivity index (χ3v) is 10.5. The molecule has 0 aromatic heterocycles. The monoisotopic (exact) mass is 750 g/mol. The van der Waals surface area contributed by atoms with Crippen molar-refractivity contribution >= 4 is 23.7 Å². The zero-order chi connectivity index (χ0) is 37.7. The van der Waals surface area contributed by atoms with Gasteiger partial charge in [0.1, 0.15) is 17.2 Å². The third kappa shape index (κ3) is 11.1. The molecule has 2 N–H and O–H groups in total. The molecule has 2 aromatic rings. The first-order chi connectivity index (χ1) is 24.1. The van der Waals surface area contributed by atoms with Gasteiger partial charge < -0.3 is 33.9 Å². The predicted molar refractivity (Wildman–Crippen MR) is 181 cm³/mol. The van der Waals surface area contributed by atoms with Crippen molar-refractivity contribution < 1.29 is 65.4 Å². The lowest BCUT2D eigenvalue weighted by molar-refractivity contribution is -0.284. The fourth-order valence-electron chi connectivity index (χ4n) is 6.32. The highest BCUT2D eigenvalue weighted by atomic mass is 32.2. The maximum absolute atomic E-state index is 13.1. The molecule has 0 unspecified atom stereocenters. The van der Waals surface area contributed by atoms with Gasteiger partial charge in [0.15, 0.2) is 19.0 Å². The van der Waals surface area contributed by atoms with Crippen LogP contribution in [0, 0.1) is 5.41 Å². The molecule has 0 aliphatic carbocycles. The maximum Gasteiger partial charge on any atom is 0.453 e. The number of carboxylic acids is 2. The van der Waals surface area contributed by atoms with Crippen molar-refractivity contribution in [3.8, 4) is 17.2 Å². The normalized spacial score (nSPS) is 17.8. The minimum absolute atomic E-state index is 0.0675. The highest BCUT2D eigenvalue weighted by Gasteiger charge is 2.56. The van der Waals surface area contributed by atoms with E-state index in [1.165, 1.54) is 26.0 Å². The van der Waals surface area contributed by atoms with Gasteiger partial charge in [0.2, 0.25) is 0 Å². The molecule has 1 aliphatic heterocycles. The van der Waals surface area contributed by atoms with Gasteiger partial charge in [-0.3, -0.25) is 9.59 Å². The predicted octanol–water partition coefficient (Wildman–Crippen LogP) is 8.68. The van der Waals surface area contributed by atoms with Crippen LogP contribution in [0.5, 0.6) is 17.2 Å². The van der Waals surface area contributed by atoms with Crippen LogP contribution in [-0.4, -0.2) is 80.2 Å². The molecule has 1 aliphatic rings. The van der Waals surface area contributed by atoms with E-state index in [-0.39, 0.29) is 50.9 Å². The molecule has 9 nitrogen and oxygen atoms in total. The Morgan fingerprint density at radius 2 is 1.39 bits per heavy atom. The van der Waals surface area contributed by atoms with Crippen LogP contribution in [0.25, 0.3) is 0 Å². The average molecular weight is 751 g/mol. The molecule has 51 heavy (non-hydrogen) atoms. The van der Waals surface area contributed by atoms with Crippen molar-refractivity contribution in [2.45, 2.75) is 88.1 Å². The molecule has 0 saturated heterocycles. The highest BCUT2D eigenvalue weighted by Crippen LogP contribution is 2.50. The molecule has 0 saturated carbocycles. The van der Waals surface area contributed by atoms with Gasteiger partial charge in [-0.25, -0.2) is 0 Å². The topological polar surface area (TPSA) is 121 Å². The lowest BCUT2D eigenvalue weighted by atomic mass is 9.66. The fourth-order valence-corrected chi connectivity index (χ4v) is 7.28. The second-order valence-corrected chi connectivity index (χ2v) is 14.1. The van der Waals surface area contributed by atoms with E-state index in [0.29, 0.717) is 55.3 Å². The standard InChI is InChI=1S/C36H47F5O9S/c1-33(25-10-12-26(13-11-25)49-23-46-2)22-48-30-21-27(50-24-47-3)14-15-28(30)29(33)9-4-5-16-34(31(42)43,32(44)45)17-6-7-19-51-20-8-18-35(37,38)36(39,40)41/h10-15,21,29H,4-9,16-20,22-24H2,1-3H3,(H,42,43)(H,44,45)/t29-,33-/m1/s1. The minimum Gasteiger partial charge on any atom is -0.492 e. The molecule has 0 spiro atoms. The molecule has 3 rings (SSSR count). The van der Waals surface area contributed by atoms with E-state index in [0.717, 1.165) is 11.1 Å². The summed E-state index contributed by atoms with van der Waals surface area (Å²) < 4.78 is 90.6. The lowest BCUT2D eigenvalue weighted by Crippen LogP contribution is -2.41. The smallest absolute Gasteiger partial charge is 0.453 e. The van der Waals surface area contributed by atoms with E-state index >= 15 is 0 Å². The summed E-state index contributed by atoms with van der Waals surface area (Å²) in [5.41, 5.74) is -0.573. The molecular formula is C36H47F5O9S. The molecule has 0 fully saturated rings.